The van der Waals surface area contributed by atoms with Gasteiger partial charge in [0.25, 0.3) is 0 Å². The number of likely N-dealkylation sites (N-methyl/N-ethyl adjacent to an activating group) is 1. The second kappa shape index (κ2) is 11.0. The summed E-state index contributed by atoms with van der Waals surface area (Å²) >= 11 is 1.89. The molecule has 2 unspecified atom stereocenters. The first-order valence-corrected chi connectivity index (χ1v) is 11.2. The van der Waals surface area contributed by atoms with E-state index in [1.54, 1.807) is 0 Å². The van der Waals surface area contributed by atoms with Gasteiger partial charge in [-0.15, -0.1) is 11.3 Å². The Hall–Kier alpha value is -1.11. The zero-order valence-corrected chi connectivity index (χ0v) is 18.9. The predicted octanol–water partition coefficient (Wildman–Crippen LogP) is 2.81. The molecule has 0 saturated carbocycles. The molecule has 0 amide bonds. The number of rotatable bonds is 8. The molecule has 1 aromatic rings. The highest BCUT2D eigenvalue weighted by molar-refractivity contribution is 7.11. The third-order valence-electron chi connectivity index (χ3n) is 5.24. The zero-order chi connectivity index (χ0) is 19.8. The highest BCUT2D eigenvalue weighted by atomic mass is 32.1. The molecule has 2 heterocycles. The molecule has 1 saturated heterocycles. The van der Waals surface area contributed by atoms with Gasteiger partial charge in [0, 0.05) is 61.0 Å². The van der Waals surface area contributed by atoms with Gasteiger partial charge < -0.3 is 15.5 Å². The number of thiophene rings is 1. The van der Waals surface area contributed by atoms with Gasteiger partial charge in [0.15, 0.2) is 5.96 Å². The first-order valence-electron chi connectivity index (χ1n) is 10.4. The fourth-order valence-corrected chi connectivity index (χ4v) is 4.61. The van der Waals surface area contributed by atoms with Gasteiger partial charge in [-0.25, -0.2) is 0 Å². The van der Waals surface area contributed by atoms with Crippen LogP contribution in [0.3, 0.4) is 0 Å². The standard InChI is InChI=1S/C21H39N5S/c1-7-22-21(24-17(4)14-19-9-8-18(5)27-19)23-15-20(16(2)3)26-12-10-25(6)11-13-26/h8-9,16-17,20H,7,10-15H2,1-6H3,(H2,22,23,24). The molecule has 27 heavy (non-hydrogen) atoms. The summed E-state index contributed by atoms with van der Waals surface area (Å²) in [5.74, 6) is 1.55. The lowest BCUT2D eigenvalue weighted by molar-refractivity contribution is 0.0925. The van der Waals surface area contributed by atoms with Crippen molar-refractivity contribution in [2.24, 2.45) is 10.9 Å². The van der Waals surface area contributed by atoms with Crippen LogP contribution in [0.25, 0.3) is 0 Å². The molecular formula is C21H39N5S. The van der Waals surface area contributed by atoms with Gasteiger partial charge in [-0.3, -0.25) is 9.89 Å². The molecule has 0 spiro atoms. The molecule has 154 valence electrons. The number of aryl methyl sites for hydroxylation is 1. The van der Waals surface area contributed by atoms with Crippen molar-refractivity contribution < 1.29 is 0 Å². The lowest BCUT2D eigenvalue weighted by Gasteiger charge is -2.39. The molecule has 0 aromatic carbocycles. The van der Waals surface area contributed by atoms with Crippen molar-refractivity contribution in [3.63, 3.8) is 0 Å². The minimum atomic E-state index is 0.363. The van der Waals surface area contributed by atoms with Crippen molar-refractivity contribution in [3.05, 3.63) is 21.9 Å². The molecule has 1 fully saturated rings. The van der Waals surface area contributed by atoms with Crippen LogP contribution in [0.5, 0.6) is 0 Å². The van der Waals surface area contributed by atoms with Crippen molar-refractivity contribution >= 4 is 17.3 Å². The van der Waals surface area contributed by atoms with Crippen molar-refractivity contribution in [1.29, 1.82) is 0 Å². The van der Waals surface area contributed by atoms with E-state index in [4.69, 9.17) is 4.99 Å². The first-order chi connectivity index (χ1) is 12.9. The molecule has 0 bridgehead atoms. The maximum absolute atomic E-state index is 4.96. The van der Waals surface area contributed by atoms with Gasteiger partial charge >= 0.3 is 0 Å². The minimum absolute atomic E-state index is 0.363. The average molecular weight is 394 g/mol. The summed E-state index contributed by atoms with van der Waals surface area (Å²) in [5.41, 5.74) is 0. The van der Waals surface area contributed by atoms with E-state index in [9.17, 15) is 0 Å². The normalized spacial score (nSPS) is 19.3. The fraction of sp³-hybridized carbons (Fsp3) is 0.762. The Morgan fingerprint density at radius 1 is 1.19 bits per heavy atom. The van der Waals surface area contributed by atoms with Crippen LogP contribution in [0.1, 0.15) is 37.4 Å². The number of guanidine groups is 1. The Morgan fingerprint density at radius 3 is 2.44 bits per heavy atom. The summed E-state index contributed by atoms with van der Waals surface area (Å²) in [7, 11) is 2.21. The van der Waals surface area contributed by atoms with Gasteiger partial charge in [-0.05, 0) is 45.9 Å². The van der Waals surface area contributed by atoms with Crippen molar-refractivity contribution in [2.45, 2.75) is 53.1 Å². The van der Waals surface area contributed by atoms with Gasteiger partial charge in [0.2, 0.25) is 0 Å². The summed E-state index contributed by atoms with van der Waals surface area (Å²) in [6, 6.07) is 5.31. The van der Waals surface area contributed by atoms with E-state index in [1.165, 1.54) is 9.75 Å². The second-order valence-electron chi connectivity index (χ2n) is 8.13. The highest BCUT2D eigenvalue weighted by Gasteiger charge is 2.24. The lowest BCUT2D eigenvalue weighted by atomic mass is 10.0. The van der Waals surface area contributed by atoms with Crippen molar-refractivity contribution in [1.82, 2.24) is 20.4 Å². The van der Waals surface area contributed by atoms with E-state index < -0.39 is 0 Å². The number of nitrogens with one attached hydrogen (secondary N) is 2. The van der Waals surface area contributed by atoms with E-state index in [-0.39, 0.29) is 0 Å². The van der Waals surface area contributed by atoms with Crippen LogP contribution in [0.4, 0.5) is 0 Å². The molecule has 2 rings (SSSR count). The summed E-state index contributed by atoms with van der Waals surface area (Å²) in [6.07, 6.45) is 1.04. The van der Waals surface area contributed by atoms with Crippen LogP contribution in [-0.2, 0) is 6.42 Å². The Balaban J connectivity index is 1.94. The van der Waals surface area contributed by atoms with Crippen LogP contribution >= 0.6 is 11.3 Å². The monoisotopic (exact) mass is 393 g/mol. The zero-order valence-electron chi connectivity index (χ0n) is 18.1. The van der Waals surface area contributed by atoms with Crippen LogP contribution in [0, 0.1) is 12.8 Å². The second-order valence-corrected chi connectivity index (χ2v) is 9.50. The number of hydrogen-bond acceptors (Lipinski definition) is 4. The van der Waals surface area contributed by atoms with Crippen LogP contribution < -0.4 is 10.6 Å². The van der Waals surface area contributed by atoms with E-state index in [0.29, 0.717) is 18.0 Å². The smallest absolute Gasteiger partial charge is 0.191 e. The molecule has 1 aliphatic rings. The maximum Gasteiger partial charge on any atom is 0.191 e. The number of aliphatic imine (C=N–C) groups is 1. The number of nitrogens with zero attached hydrogens (tertiary/aromatic N) is 3. The Bertz CT molecular complexity index is 575. The Kier molecular flexibility index (Phi) is 9.06. The van der Waals surface area contributed by atoms with Gasteiger partial charge in [0.05, 0.1) is 6.54 Å². The molecule has 2 N–H and O–H groups in total. The van der Waals surface area contributed by atoms with Gasteiger partial charge in [0.1, 0.15) is 0 Å². The molecule has 5 nitrogen and oxygen atoms in total. The number of piperazine rings is 1. The van der Waals surface area contributed by atoms with E-state index >= 15 is 0 Å². The van der Waals surface area contributed by atoms with Crippen molar-refractivity contribution in [2.75, 3.05) is 46.3 Å². The van der Waals surface area contributed by atoms with Crippen LogP contribution in [0.2, 0.25) is 0 Å². The molecule has 0 radical (unpaired) electrons. The summed E-state index contributed by atoms with van der Waals surface area (Å²) < 4.78 is 0. The first kappa shape index (κ1) is 22.2. The van der Waals surface area contributed by atoms with Crippen LogP contribution in [0.15, 0.2) is 17.1 Å². The molecule has 0 aliphatic carbocycles. The minimum Gasteiger partial charge on any atom is -0.357 e. The maximum atomic E-state index is 4.96. The summed E-state index contributed by atoms with van der Waals surface area (Å²) in [6.45, 7) is 17.5. The molecular weight excluding hydrogens is 354 g/mol. The Morgan fingerprint density at radius 2 is 1.89 bits per heavy atom. The lowest BCUT2D eigenvalue weighted by Crippen LogP contribution is -2.52. The molecule has 1 aliphatic heterocycles. The van der Waals surface area contributed by atoms with E-state index in [1.807, 2.05) is 11.3 Å². The quantitative estimate of drug-likeness (QED) is 0.526. The molecule has 2 atom stereocenters. The Labute approximate surface area is 170 Å². The average Bonchev–Trinajstić information content (AvgIpc) is 3.01. The highest BCUT2D eigenvalue weighted by Crippen LogP contribution is 2.17. The fourth-order valence-electron chi connectivity index (χ4n) is 3.59. The molecule has 6 heteroatoms. The third-order valence-corrected chi connectivity index (χ3v) is 6.27. The number of hydrogen-bond donors (Lipinski definition) is 2. The topological polar surface area (TPSA) is 42.9 Å². The van der Waals surface area contributed by atoms with E-state index in [2.05, 4.69) is 74.2 Å². The molecule has 1 aromatic heterocycles. The largest absolute Gasteiger partial charge is 0.357 e. The van der Waals surface area contributed by atoms with Crippen molar-refractivity contribution in [3.8, 4) is 0 Å². The summed E-state index contributed by atoms with van der Waals surface area (Å²) in [5, 5.41) is 7.02. The SMILES string of the molecule is CCNC(=NCC(C(C)C)N1CCN(C)CC1)NC(C)Cc1ccc(C)s1. The van der Waals surface area contributed by atoms with E-state index in [0.717, 1.165) is 51.6 Å². The van der Waals surface area contributed by atoms with Gasteiger partial charge in [-0.1, -0.05) is 13.8 Å². The van der Waals surface area contributed by atoms with Gasteiger partial charge in [-0.2, -0.15) is 0 Å². The summed E-state index contributed by atoms with van der Waals surface area (Å²) in [4.78, 5) is 12.8. The third kappa shape index (κ3) is 7.43. The predicted molar refractivity (Wildman–Crippen MR) is 119 cm³/mol. The van der Waals surface area contributed by atoms with Crippen LogP contribution in [-0.4, -0.2) is 74.2 Å².